The molecule has 2 aliphatic rings. The van der Waals surface area contributed by atoms with Crippen LogP contribution in [0.5, 0.6) is 0 Å². The van der Waals surface area contributed by atoms with Crippen LogP contribution < -0.4 is 5.32 Å². The summed E-state index contributed by atoms with van der Waals surface area (Å²) in [6.45, 7) is 4.79. The van der Waals surface area contributed by atoms with Crippen molar-refractivity contribution in [2.75, 3.05) is 25.1 Å². The molecule has 0 saturated carbocycles. The molecule has 6 heteroatoms. The van der Waals surface area contributed by atoms with E-state index in [1.807, 2.05) is 13.1 Å². The molecule has 1 aromatic heterocycles. The number of carbonyl (C=O) groups excluding carboxylic acids is 1. The Balaban J connectivity index is 1.64. The van der Waals surface area contributed by atoms with Gasteiger partial charge in [-0.05, 0) is 38.6 Å². The lowest BCUT2D eigenvalue weighted by Gasteiger charge is -2.34. The minimum absolute atomic E-state index is 0.0115. The molecule has 0 spiro atoms. The number of nitrogens with one attached hydrogen (secondary N) is 1. The Bertz CT molecular complexity index is 537. The standard InChI is InChI=1S/C17H28N4O2/c1-3-5-13-12-16(20(2)19-13)18-17(22)15-6-4-9-21(15)14-7-10-23-11-8-14/h12,14-15H,3-11H2,1-2H3,(H,18,22). The summed E-state index contributed by atoms with van der Waals surface area (Å²) in [5.74, 6) is 0.914. The van der Waals surface area contributed by atoms with Gasteiger partial charge in [0.1, 0.15) is 5.82 Å². The minimum atomic E-state index is -0.0115. The number of ether oxygens (including phenoxy) is 1. The molecular weight excluding hydrogens is 292 g/mol. The Kier molecular flexibility index (Phi) is 5.33. The van der Waals surface area contributed by atoms with Gasteiger partial charge in [-0.3, -0.25) is 14.4 Å². The lowest BCUT2D eigenvalue weighted by atomic mass is 10.1. The SMILES string of the molecule is CCCc1cc(NC(=O)C2CCCN2C2CCOCC2)n(C)n1. The summed E-state index contributed by atoms with van der Waals surface area (Å²) >= 11 is 0. The highest BCUT2D eigenvalue weighted by Crippen LogP contribution is 2.26. The number of hydrogen-bond donors (Lipinski definition) is 1. The van der Waals surface area contributed by atoms with E-state index < -0.39 is 0 Å². The smallest absolute Gasteiger partial charge is 0.242 e. The van der Waals surface area contributed by atoms with Crippen molar-refractivity contribution in [1.82, 2.24) is 14.7 Å². The number of rotatable bonds is 5. The monoisotopic (exact) mass is 320 g/mol. The molecule has 1 N–H and O–H groups in total. The third-order valence-corrected chi connectivity index (χ3v) is 4.94. The molecule has 3 rings (SSSR count). The molecule has 128 valence electrons. The molecule has 0 radical (unpaired) electrons. The number of aromatic nitrogens is 2. The van der Waals surface area contributed by atoms with Crippen LogP contribution in [0, 0.1) is 0 Å². The molecule has 2 aliphatic heterocycles. The molecular formula is C17H28N4O2. The molecule has 1 aromatic rings. The fourth-order valence-corrected chi connectivity index (χ4v) is 3.76. The molecule has 1 amide bonds. The van der Waals surface area contributed by atoms with Crippen LogP contribution in [-0.4, -0.2) is 52.4 Å². The fourth-order valence-electron chi connectivity index (χ4n) is 3.76. The summed E-state index contributed by atoms with van der Waals surface area (Å²) in [5.41, 5.74) is 1.04. The van der Waals surface area contributed by atoms with Crippen LogP contribution in [0.1, 0.15) is 44.7 Å². The minimum Gasteiger partial charge on any atom is -0.381 e. The highest BCUT2D eigenvalue weighted by atomic mass is 16.5. The third-order valence-electron chi connectivity index (χ3n) is 4.94. The van der Waals surface area contributed by atoms with Crippen LogP contribution in [-0.2, 0) is 23.0 Å². The van der Waals surface area contributed by atoms with Gasteiger partial charge in [-0.1, -0.05) is 13.3 Å². The summed E-state index contributed by atoms with van der Waals surface area (Å²) in [5, 5.41) is 7.55. The molecule has 6 nitrogen and oxygen atoms in total. The van der Waals surface area contributed by atoms with Crippen molar-refractivity contribution >= 4 is 11.7 Å². The lowest BCUT2D eigenvalue weighted by Crippen LogP contribution is -2.47. The van der Waals surface area contributed by atoms with Gasteiger partial charge in [0.05, 0.1) is 11.7 Å². The largest absolute Gasteiger partial charge is 0.381 e. The normalized spacial score (nSPS) is 23.3. The van der Waals surface area contributed by atoms with Crippen molar-refractivity contribution in [2.45, 2.75) is 57.5 Å². The maximum Gasteiger partial charge on any atom is 0.242 e. The number of aryl methyl sites for hydroxylation is 2. The van der Waals surface area contributed by atoms with Gasteiger partial charge >= 0.3 is 0 Å². The summed E-state index contributed by atoms with van der Waals surface area (Å²) in [6, 6.07) is 2.47. The molecule has 2 fully saturated rings. The maximum atomic E-state index is 12.8. The van der Waals surface area contributed by atoms with Crippen molar-refractivity contribution in [3.8, 4) is 0 Å². The highest BCUT2D eigenvalue weighted by Gasteiger charge is 2.36. The average molecular weight is 320 g/mol. The van der Waals surface area contributed by atoms with E-state index in [4.69, 9.17) is 4.74 Å². The Labute approximate surface area is 138 Å². The second-order valence-corrected chi connectivity index (χ2v) is 6.62. The van der Waals surface area contributed by atoms with E-state index in [-0.39, 0.29) is 11.9 Å². The van der Waals surface area contributed by atoms with Crippen LogP contribution in [0.4, 0.5) is 5.82 Å². The van der Waals surface area contributed by atoms with Gasteiger partial charge in [0.15, 0.2) is 0 Å². The molecule has 0 aliphatic carbocycles. The first-order valence-corrected chi connectivity index (χ1v) is 8.86. The third kappa shape index (κ3) is 3.75. The predicted molar refractivity (Wildman–Crippen MR) is 89.4 cm³/mol. The first-order chi connectivity index (χ1) is 11.2. The van der Waals surface area contributed by atoms with Crippen molar-refractivity contribution in [2.24, 2.45) is 7.05 Å². The van der Waals surface area contributed by atoms with Crippen LogP contribution in [0.25, 0.3) is 0 Å². The number of anilines is 1. The van der Waals surface area contributed by atoms with E-state index in [0.29, 0.717) is 6.04 Å². The fraction of sp³-hybridized carbons (Fsp3) is 0.765. The molecule has 1 atom stereocenters. The number of carbonyl (C=O) groups is 1. The highest BCUT2D eigenvalue weighted by molar-refractivity contribution is 5.94. The quantitative estimate of drug-likeness (QED) is 0.901. The zero-order valence-electron chi connectivity index (χ0n) is 14.3. The molecule has 3 heterocycles. The zero-order valence-corrected chi connectivity index (χ0v) is 14.3. The van der Waals surface area contributed by atoms with Crippen molar-refractivity contribution in [3.63, 3.8) is 0 Å². The average Bonchev–Trinajstić information content (AvgIpc) is 3.16. The van der Waals surface area contributed by atoms with Crippen molar-refractivity contribution in [1.29, 1.82) is 0 Å². The van der Waals surface area contributed by atoms with Gasteiger partial charge in [0, 0.05) is 32.4 Å². The summed E-state index contributed by atoms with van der Waals surface area (Å²) < 4.78 is 7.23. The van der Waals surface area contributed by atoms with Gasteiger partial charge in [-0.25, -0.2) is 0 Å². The van der Waals surface area contributed by atoms with Crippen LogP contribution >= 0.6 is 0 Å². The molecule has 0 aromatic carbocycles. The van der Waals surface area contributed by atoms with Gasteiger partial charge in [0.2, 0.25) is 5.91 Å². The molecule has 1 unspecified atom stereocenters. The van der Waals surface area contributed by atoms with E-state index in [1.54, 1.807) is 4.68 Å². The van der Waals surface area contributed by atoms with Gasteiger partial charge in [-0.2, -0.15) is 5.10 Å². The van der Waals surface area contributed by atoms with Crippen molar-refractivity contribution < 1.29 is 9.53 Å². The topological polar surface area (TPSA) is 59.4 Å². The van der Waals surface area contributed by atoms with Crippen molar-refractivity contribution in [3.05, 3.63) is 11.8 Å². The summed E-state index contributed by atoms with van der Waals surface area (Å²) in [4.78, 5) is 15.2. The van der Waals surface area contributed by atoms with E-state index in [0.717, 1.165) is 69.8 Å². The molecule has 2 saturated heterocycles. The first kappa shape index (κ1) is 16.5. The van der Waals surface area contributed by atoms with E-state index in [1.165, 1.54) is 0 Å². The summed E-state index contributed by atoms with van der Waals surface area (Å²) in [6.07, 6.45) is 6.13. The molecule has 0 bridgehead atoms. The number of hydrogen-bond acceptors (Lipinski definition) is 4. The van der Waals surface area contributed by atoms with E-state index in [2.05, 4.69) is 22.2 Å². The Morgan fingerprint density at radius 2 is 2.17 bits per heavy atom. The van der Waals surface area contributed by atoms with Gasteiger partial charge in [-0.15, -0.1) is 0 Å². The second kappa shape index (κ2) is 7.45. The van der Waals surface area contributed by atoms with Crippen LogP contribution in [0.2, 0.25) is 0 Å². The Morgan fingerprint density at radius 3 is 2.91 bits per heavy atom. The van der Waals surface area contributed by atoms with Gasteiger partial charge < -0.3 is 10.1 Å². The Morgan fingerprint density at radius 1 is 1.39 bits per heavy atom. The summed E-state index contributed by atoms with van der Waals surface area (Å²) in [7, 11) is 1.89. The number of amides is 1. The molecule has 23 heavy (non-hydrogen) atoms. The first-order valence-electron chi connectivity index (χ1n) is 8.86. The number of likely N-dealkylation sites (tertiary alicyclic amines) is 1. The van der Waals surface area contributed by atoms with E-state index >= 15 is 0 Å². The van der Waals surface area contributed by atoms with Crippen LogP contribution in [0.15, 0.2) is 6.07 Å². The zero-order chi connectivity index (χ0) is 16.2. The van der Waals surface area contributed by atoms with Gasteiger partial charge in [0.25, 0.3) is 0 Å². The Hall–Kier alpha value is -1.40. The van der Waals surface area contributed by atoms with Crippen LogP contribution in [0.3, 0.4) is 0 Å². The maximum absolute atomic E-state index is 12.8. The lowest BCUT2D eigenvalue weighted by molar-refractivity contribution is -0.121. The van der Waals surface area contributed by atoms with E-state index in [9.17, 15) is 4.79 Å². The second-order valence-electron chi connectivity index (χ2n) is 6.62. The predicted octanol–water partition coefficient (Wildman–Crippen LogP) is 1.95. The number of nitrogens with zero attached hydrogens (tertiary/aromatic N) is 3.